The normalized spacial score (nSPS) is 17.2. The van der Waals surface area contributed by atoms with Gasteiger partial charge in [0.2, 0.25) is 0 Å². The number of nitrogen functional groups attached to an aromatic ring is 1. The highest BCUT2D eigenvalue weighted by Crippen LogP contribution is 2.26. The summed E-state index contributed by atoms with van der Waals surface area (Å²) in [5.74, 6) is 1.49. The Morgan fingerprint density at radius 3 is 2.69 bits per heavy atom. The average molecular weight is 202 g/mol. The van der Waals surface area contributed by atoms with Crippen LogP contribution in [0, 0.1) is 5.92 Å². The van der Waals surface area contributed by atoms with Crippen molar-refractivity contribution in [3.05, 3.63) is 12.5 Å². The van der Waals surface area contributed by atoms with Gasteiger partial charge in [-0.3, -0.25) is 0 Å². The summed E-state index contributed by atoms with van der Waals surface area (Å²) in [5.41, 5.74) is 5.52. The minimum atomic E-state index is 0. The zero-order valence-electron chi connectivity index (χ0n) is 7.65. The van der Waals surface area contributed by atoms with E-state index in [1.54, 1.807) is 0 Å². The number of nitrogens with zero attached hydrogens (tertiary/aromatic N) is 2. The molecule has 0 aliphatic heterocycles. The van der Waals surface area contributed by atoms with Crippen LogP contribution in [0.15, 0.2) is 12.5 Å². The Morgan fingerprint density at radius 1 is 1.46 bits per heavy atom. The van der Waals surface area contributed by atoms with Crippen LogP contribution in [0.4, 0.5) is 5.82 Å². The number of aromatic nitrogens is 2. The fourth-order valence-electron chi connectivity index (χ4n) is 1.97. The summed E-state index contributed by atoms with van der Waals surface area (Å²) in [6.45, 7) is 1.10. The van der Waals surface area contributed by atoms with Gasteiger partial charge in [-0.25, -0.2) is 4.98 Å². The molecular weight excluding hydrogens is 186 g/mol. The minimum Gasteiger partial charge on any atom is -0.382 e. The standard InChI is InChI=1S/C9H15N3.ClH/c10-9-6-12(7-11-9)5-8-3-1-2-4-8;/h6-8H,1-5,10H2;1H. The number of nitrogens with two attached hydrogens (primary N) is 1. The lowest BCUT2D eigenvalue weighted by molar-refractivity contribution is 0.457. The quantitative estimate of drug-likeness (QED) is 0.796. The van der Waals surface area contributed by atoms with E-state index in [0.29, 0.717) is 5.82 Å². The maximum atomic E-state index is 5.52. The Morgan fingerprint density at radius 2 is 2.15 bits per heavy atom. The average Bonchev–Trinajstić information content (AvgIpc) is 2.63. The second kappa shape index (κ2) is 4.51. The monoisotopic (exact) mass is 201 g/mol. The molecule has 2 rings (SSSR count). The largest absolute Gasteiger partial charge is 0.382 e. The lowest BCUT2D eigenvalue weighted by Crippen LogP contribution is -2.04. The third-order valence-electron chi connectivity index (χ3n) is 2.60. The molecule has 1 heterocycles. The Balaban J connectivity index is 0.000000845. The second-order valence-corrected chi connectivity index (χ2v) is 3.65. The molecule has 1 aromatic heterocycles. The van der Waals surface area contributed by atoms with Crippen LogP contribution in [0.25, 0.3) is 0 Å². The van der Waals surface area contributed by atoms with Crippen LogP contribution < -0.4 is 5.73 Å². The van der Waals surface area contributed by atoms with Gasteiger partial charge in [0.1, 0.15) is 5.82 Å². The highest BCUT2D eigenvalue weighted by atomic mass is 35.5. The number of halogens is 1. The molecule has 74 valence electrons. The summed E-state index contributed by atoms with van der Waals surface area (Å²) < 4.78 is 2.10. The molecule has 13 heavy (non-hydrogen) atoms. The lowest BCUT2D eigenvalue weighted by atomic mass is 10.1. The molecule has 1 aliphatic carbocycles. The summed E-state index contributed by atoms with van der Waals surface area (Å²) in [6.07, 6.45) is 9.28. The summed E-state index contributed by atoms with van der Waals surface area (Å²) in [5, 5.41) is 0. The molecule has 4 heteroatoms. The predicted molar refractivity (Wildman–Crippen MR) is 55.8 cm³/mol. The third kappa shape index (κ3) is 2.62. The topological polar surface area (TPSA) is 43.8 Å². The number of hydrogen-bond donors (Lipinski definition) is 1. The molecule has 0 atom stereocenters. The van der Waals surface area contributed by atoms with E-state index in [1.807, 2.05) is 12.5 Å². The van der Waals surface area contributed by atoms with E-state index >= 15 is 0 Å². The van der Waals surface area contributed by atoms with Gasteiger partial charge in [-0.1, -0.05) is 12.8 Å². The smallest absolute Gasteiger partial charge is 0.141 e. The molecule has 0 saturated heterocycles. The van der Waals surface area contributed by atoms with E-state index in [-0.39, 0.29) is 12.4 Å². The molecule has 1 fully saturated rings. The van der Waals surface area contributed by atoms with Gasteiger partial charge in [-0.2, -0.15) is 0 Å². The summed E-state index contributed by atoms with van der Waals surface area (Å²) >= 11 is 0. The van der Waals surface area contributed by atoms with E-state index < -0.39 is 0 Å². The first-order chi connectivity index (χ1) is 5.84. The fraction of sp³-hybridized carbons (Fsp3) is 0.667. The minimum absolute atomic E-state index is 0. The van der Waals surface area contributed by atoms with Crippen LogP contribution in [0.1, 0.15) is 25.7 Å². The van der Waals surface area contributed by atoms with Crippen molar-refractivity contribution in [3.8, 4) is 0 Å². The van der Waals surface area contributed by atoms with Gasteiger partial charge in [0, 0.05) is 12.7 Å². The van der Waals surface area contributed by atoms with Crippen LogP contribution in [0.3, 0.4) is 0 Å². The Bertz CT molecular complexity index is 253. The van der Waals surface area contributed by atoms with Gasteiger partial charge in [0.25, 0.3) is 0 Å². The first-order valence-electron chi connectivity index (χ1n) is 4.62. The Labute approximate surface area is 84.7 Å². The Hall–Kier alpha value is -0.700. The van der Waals surface area contributed by atoms with Gasteiger partial charge >= 0.3 is 0 Å². The Kier molecular flexibility index (Phi) is 3.60. The van der Waals surface area contributed by atoms with E-state index in [0.717, 1.165) is 12.5 Å². The molecule has 0 bridgehead atoms. The lowest BCUT2D eigenvalue weighted by Gasteiger charge is -2.08. The SMILES string of the molecule is Cl.Nc1cn(CC2CCCC2)cn1. The second-order valence-electron chi connectivity index (χ2n) is 3.65. The van der Waals surface area contributed by atoms with Gasteiger partial charge in [0.05, 0.1) is 6.33 Å². The van der Waals surface area contributed by atoms with Crippen molar-refractivity contribution in [3.63, 3.8) is 0 Å². The maximum Gasteiger partial charge on any atom is 0.141 e. The molecular formula is C9H16ClN3. The molecule has 0 aromatic carbocycles. The van der Waals surface area contributed by atoms with Crippen molar-refractivity contribution in [1.82, 2.24) is 9.55 Å². The van der Waals surface area contributed by atoms with Crippen LogP contribution >= 0.6 is 12.4 Å². The molecule has 3 nitrogen and oxygen atoms in total. The third-order valence-corrected chi connectivity index (χ3v) is 2.60. The molecule has 1 aromatic rings. The summed E-state index contributed by atoms with van der Waals surface area (Å²) in [4.78, 5) is 4.00. The fourth-order valence-corrected chi connectivity index (χ4v) is 1.97. The molecule has 0 radical (unpaired) electrons. The number of imidazole rings is 1. The van der Waals surface area contributed by atoms with Crippen molar-refractivity contribution >= 4 is 18.2 Å². The van der Waals surface area contributed by atoms with Gasteiger partial charge in [0.15, 0.2) is 0 Å². The van der Waals surface area contributed by atoms with E-state index in [9.17, 15) is 0 Å². The van der Waals surface area contributed by atoms with Crippen LogP contribution in [-0.4, -0.2) is 9.55 Å². The summed E-state index contributed by atoms with van der Waals surface area (Å²) in [7, 11) is 0. The first-order valence-corrected chi connectivity index (χ1v) is 4.62. The highest BCUT2D eigenvalue weighted by molar-refractivity contribution is 5.85. The van der Waals surface area contributed by atoms with Crippen LogP contribution in [-0.2, 0) is 6.54 Å². The predicted octanol–water partition coefficient (Wildman–Crippen LogP) is 2.08. The molecule has 1 aliphatic rings. The molecule has 0 amide bonds. The van der Waals surface area contributed by atoms with E-state index in [2.05, 4.69) is 9.55 Å². The van der Waals surface area contributed by atoms with Crippen LogP contribution in [0.2, 0.25) is 0 Å². The number of hydrogen-bond acceptors (Lipinski definition) is 2. The molecule has 2 N–H and O–H groups in total. The highest BCUT2D eigenvalue weighted by Gasteiger charge is 2.14. The summed E-state index contributed by atoms with van der Waals surface area (Å²) in [6, 6.07) is 0. The molecule has 1 saturated carbocycles. The van der Waals surface area contributed by atoms with Gasteiger partial charge in [-0.05, 0) is 18.8 Å². The van der Waals surface area contributed by atoms with E-state index in [1.165, 1.54) is 25.7 Å². The zero-order chi connectivity index (χ0) is 8.39. The maximum absolute atomic E-state index is 5.52. The first kappa shape index (κ1) is 10.4. The van der Waals surface area contributed by atoms with Gasteiger partial charge in [-0.15, -0.1) is 12.4 Å². The van der Waals surface area contributed by atoms with Crippen molar-refractivity contribution in [2.24, 2.45) is 5.92 Å². The number of rotatable bonds is 2. The van der Waals surface area contributed by atoms with Crippen molar-refractivity contribution in [2.75, 3.05) is 5.73 Å². The van der Waals surface area contributed by atoms with Crippen molar-refractivity contribution in [2.45, 2.75) is 32.2 Å². The van der Waals surface area contributed by atoms with Crippen molar-refractivity contribution < 1.29 is 0 Å². The van der Waals surface area contributed by atoms with Gasteiger partial charge < -0.3 is 10.3 Å². The number of anilines is 1. The van der Waals surface area contributed by atoms with Crippen LogP contribution in [0.5, 0.6) is 0 Å². The van der Waals surface area contributed by atoms with E-state index in [4.69, 9.17) is 5.73 Å². The molecule has 0 unspecified atom stereocenters. The zero-order valence-corrected chi connectivity index (χ0v) is 8.46. The molecule has 0 spiro atoms. The van der Waals surface area contributed by atoms with Crippen molar-refractivity contribution in [1.29, 1.82) is 0 Å².